The Hall–Kier alpha value is -3.73. The van der Waals surface area contributed by atoms with Crippen LogP contribution in [0.5, 0.6) is 0 Å². The van der Waals surface area contributed by atoms with E-state index in [1.54, 1.807) is 11.9 Å². The number of benzene rings is 4. The maximum Gasteiger partial charge on any atom is 0.0815 e. The van der Waals surface area contributed by atoms with E-state index in [1.807, 2.05) is 0 Å². The molecule has 0 saturated heterocycles. The van der Waals surface area contributed by atoms with Crippen molar-refractivity contribution < 1.29 is 0 Å². The standard InChI is InChI=1S/C37H27BrN2S/c1-23-12-18-32-30(21-23)31(38)22-35(39-32)37(34-19-15-25-8-3-5-11-33(25)41-40-34)20-6-9-26-14-16-28-27-10-4-2-7-24(27)13-17-29(28)36(26)37/h2-5,7-16,18-19,21-22H,6,17,20H2,1H3. The second-order valence-corrected chi connectivity index (χ2v) is 12.8. The summed E-state index contributed by atoms with van der Waals surface area (Å²) in [5.41, 5.74) is 7.80. The average Bonchev–Trinajstić information content (AvgIpc) is 3.24. The molecule has 1 aliphatic heterocycles. The van der Waals surface area contributed by atoms with Gasteiger partial charge >= 0.3 is 0 Å². The van der Waals surface area contributed by atoms with E-state index in [0.29, 0.717) is 0 Å². The summed E-state index contributed by atoms with van der Waals surface area (Å²) in [7, 11) is 0. The van der Waals surface area contributed by atoms with Crippen molar-refractivity contribution in [3.05, 3.63) is 144 Å². The lowest BCUT2D eigenvalue weighted by atomic mass is 9.64. The van der Waals surface area contributed by atoms with Crippen LogP contribution < -0.4 is 10.4 Å². The number of aromatic nitrogens is 1. The smallest absolute Gasteiger partial charge is 0.0815 e. The molecule has 0 radical (unpaired) electrons. The zero-order valence-electron chi connectivity index (χ0n) is 22.7. The fourth-order valence-electron chi connectivity index (χ4n) is 6.89. The number of rotatable bonds is 2. The number of aryl methyl sites for hydroxylation is 1. The van der Waals surface area contributed by atoms with Crippen LogP contribution in [0, 0.1) is 17.4 Å². The Balaban J connectivity index is 1.49. The van der Waals surface area contributed by atoms with Gasteiger partial charge in [0.25, 0.3) is 0 Å². The van der Waals surface area contributed by atoms with Crippen molar-refractivity contribution >= 4 is 62.7 Å². The quantitative estimate of drug-likeness (QED) is 0.189. The normalized spacial score (nSPS) is 18.6. The van der Waals surface area contributed by atoms with E-state index in [9.17, 15) is 0 Å². The summed E-state index contributed by atoms with van der Waals surface area (Å²) in [6.45, 7) is 2.13. The molecule has 2 nitrogen and oxygen atoms in total. The molecule has 1 aromatic heterocycles. The van der Waals surface area contributed by atoms with E-state index < -0.39 is 5.41 Å². The molecule has 4 heteroatoms. The fourth-order valence-corrected chi connectivity index (χ4v) is 8.21. The number of nitrogens with zero attached hydrogens (tertiary/aromatic N) is 2. The van der Waals surface area contributed by atoms with E-state index in [2.05, 4.69) is 132 Å². The molecule has 4 aromatic carbocycles. The molecule has 0 bridgehead atoms. The van der Waals surface area contributed by atoms with Gasteiger partial charge in [0, 0.05) is 26.7 Å². The highest BCUT2D eigenvalue weighted by molar-refractivity contribution is 9.10. The van der Waals surface area contributed by atoms with Crippen LogP contribution in [0.2, 0.25) is 0 Å². The first-order valence-electron chi connectivity index (χ1n) is 14.1. The van der Waals surface area contributed by atoms with Crippen LogP contribution in [0.1, 0.15) is 40.8 Å². The lowest BCUT2D eigenvalue weighted by Crippen LogP contribution is -2.44. The van der Waals surface area contributed by atoms with E-state index >= 15 is 0 Å². The third kappa shape index (κ3) is 3.92. The van der Waals surface area contributed by atoms with Gasteiger partial charge in [0.15, 0.2) is 0 Å². The van der Waals surface area contributed by atoms with Crippen molar-refractivity contribution in [3.63, 3.8) is 0 Å². The minimum atomic E-state index is -0.497. The van der Waals surface area contributed by atoms with Crippen molar-refractivity contribution in [3.8, 4) is 0 Å². The van der Waals surface area contributed by atoms with Crippen LogP contribution >= 0.6 is 27.9 Å². The van der Waals surface area contributed by atoms with Crippen molar-refractivity contribution in [1.82, 2.24) is 4.98 Å². The lowest BCUT2D eigenvalue weighted by Gasteiger charge is -2.39. The molecule has 41 heavy (non-hydrogen) atoms. The van der Waals surface area contributed by atoms with Gasteiger partial charge < -0.3 is 0 Å². The number of hydrogen-bond donors (Lipinski definition) is 0. The molecule has 0 N–H and O–H groups in total. The molecule has 3 aliphatic rings. The summed E-state index contributed by atoms with van der Waals surface area (Å²) in [4.78, 5) is 6.62. The Kier molecular flexibility index (Phi) is 5.91. The first kappa shape index (κ1) is 25.0. The Morgan fingerprint density at radius 1 is 0.829 bits per heavy atom. The Bertz CT molecular complexity index is 2200. The van der Waals surface area contributed by atoms with Gasteiger partial charge in [-0.2, -0.15) is 0 Å². The Labute approximate surface area is 251 Å². The van der Waals surface area contributed by atoms with Crippen LogP contribution in [0.15, 0.2) is 105 Å². The summed E-state index contributed by atoms with van der Waals surface area (Å²) in [6.07, 6.45) is 12.1. The predicted molar refractivity (Wildman–Crippen MR) is 175 cm³/mol. The van der Waals surface area contributed by atoms with Crippen molar-refractivity contribution in [2.24, 2.45) is 4.40 Å². The van der Waals surface area contributed by atoms with Crippen LogP contribution in [-0.2, 0) is 11.8 Å². The van der Waals surface area contributed by atoms with Gasteiger partial charge in [0.2, 0.25) is 0 Å². The molecule has 2 aliphatic carbocycles. The maximum atomic E-state index is 5.44. The fraction of sp³-hybridized carbons (Fsp3) is 0.135. The topological polar surface area (TPSA) is 25.2 Å². The van der Waals surface area contributed by atoms with E-state index in [0.717, 1.165) is 46.0 Å². The number of pyridine rings is 1. The Morgan fingerprint density at radius 3 is 2.66 bits per heavy atom. The number of allylic oxidation sites excluding steroid dienone is 1. The molecular formula is C37H27BrN2S. The minimum absolute atomic E-state index is 0.497. The summed E-state index contributed by atoms with van der Waals surface area (Å²) in [6, 6.07) is 30.7. The van der Waals surface area contributed by atoms with Crippen molar-refractivity contribution in [2.45, 2.75) is 36.5 Å². The number of halogens is 1. The molecule has 5 aromatic rings. The molecule has 8 rings (SSSR count). The maximum absolute atomic E-state index is 5.44. The molecule has 1 unspecified atom stereocenters. The lowest BCUT2D eigenvalue weighted by molar-refractivity contribution is 0.597. The zero-order valence-corrected chi connectivity index (χ0v) is 25.1. The van der Waals surface area contributed by atoms with Gasteiger partial charge in [0.05, 0.1) is 22.3 Å². The SMILES string of the molecule is Cc1ccc2nc(C3(C4=NSc5ccccc5C=C4)CCC=c4ccc5c(c43)CC=c3ccccc3=5)cc(Br)c2c1. The molecule has 1 atom stereocenters. The molecule has 0 spiro atoms. The summed E-state index contributed by atoms with van der Waals surface area (Å²) < 4.78 is 6.40. The zero-order chi connectivity index (χ0) is 27.6. The monoisotopic (exact) mass is 610 g/mol. The van der Waals surface area contributed by atoms with Crippen LogP contribution in [0.3, 0.4) is 0 Å². The summed E-state index contributed by atoms with van der Waals surface area (Å²) in [5, 5.41) is 6.38. The molecule has 198 valence electrons. The number of hydrogen-bond acceptors (Lipinski definition) is 3. The average molecular weight is 612 g/mol. The third-order valence-corrected chi connectivity index (χ3v) is 10.3. The molecule has 0 amide bonds. The van der Waals surface area contributed by atoms with E-state index in [4.69, 9.17) is 9.38 Å². The summed E-state index contributed by atoms with van der Waals surface area (Å²) in [5.74, 6) is 0. The minimum Gasteiger partial charge on any atom is -0.251 e. The van der Waals surface area contributed by atoms with Crippen LogP contribution in [0.4, 0.5) is 0 Å². The van der Waals surface area contributed by atoms with Gasteiger partial charge in [-0.25, -0.2) is 4.40 Å². The molecule has 0 saturated carbocycles. The highest BCUT2D eigenvalue weighted by Crippen LogP contribution is 2.45. The second-order valence-electron chi connectivity index (χ2n) is 11.1. The van der Waals surface area contributed by atoms with Gasteiger partial charge in [-0.05, 0) is 94.1 Å². The van der Waals surface area contributed by atoms with E-state index in [-0.39, 0.29) is 0 Å². The van der Waals surface area contributed by atoms with Crippen molar-refractivity contribution in [1.29, 1.82) is 0 Å². The van der Waals surface area contributed by atoms with Crippen molar-refractivity contribution in [2.75, 3.05) is 0 Å². The second kappa shape index (κ2) is 9.68. The first-order valence-corrected chi connectivity index (χ1v) is 15.7. The van der Waals surface area contributed by atoms with Gasteiger partial charge in [-0.15, -0.1) is 0 Å². The summed E-state index contributed by atoms with van der Waals surface area (Å²) >= 11 is 5.54. The Morgan fingerprint density at radius 2 is 1.71 bits per heavy atom. The van der Waals surface area contributed by atoms with E-state index in [1.165, 1.54) is 48.0 Å². The molecule has 0 fully saturated rings. The molecular weight excluding hydrogens is 584 g/mol. The van der Waals surface area contributed by atoms with Gasteiger partial charge in [0.1, 0.15) is 0 Å². The van der Waals surface area contributed by atoms with Gasteiger partial charge in [-0.1, -0.05) is 100 Å². The van der Waals surface area contributed by atoms with Gasteiger partial charge in [-0.3, -0.25) is 4.98 Å². The largest absolute Gasteiger partial charge is 0.251 e. The third-order valence-electron chi connectivity index (χ3n) is 8.80. The predicted octanol–water partition coefficient (Wildman–Crippen LogP) is 7.96. The highest BCUT2D eigenvalue weighted by atomic mass is 79.9. The van der Waals surface area contributed by atoms with Crippen LogP contribution in [0.25, 0.3) is 29.1 Å². The van der Waals surface area contributed by atoms with Crippen LogP contribution in [-0.4, -0.2) is 10.7 Å². The highest BCUT2D eigenvalue weighted by Gasteiger charge is 2.44. The number of fused-ring (bicyclic) bond motifs is 6. The molecule has 2 heterocycles. The first-order chi connectivity index (χ1) is 20.1.